The molecule has 0 saturated carbocycles. The SMILES string of the molecule is O=C(NCC(Cl)c1ccccc1)c1c(Cl)cccc1Cl. The number of carbonyl (C=O) groups is 1. The maximum atomic E-state index is 12.1. The minimum absolute atomic E-state index is 0.271. The van der Waals surface area contributed by atoms with Crippen molar-refractivity contribution in [3.8, 4) is 0 Å². The first kappa shape index (κ1) is 15.2. The lowest BCUT2D eigenvalue weighted by atomic mass is 10.1. The zero-order valence-corrected chi connectivity index (χ0v) is 12.7. The third-order valence-corrected chi connectivity index (χ3v) is 3.83. The highest BCUT2D eigenvalue weighted by molar-refractivity contribution is 6.39. The van der Waals surface area contributed by atoms with Gasteiger partial charge in [-0.25, -0.2) is 0 Å². The van der Waals surface area contributed by atoms with E-state index in [9.17, 15) is 4.79 Å². The molecule has 0 bridgehead atoms. The van der Waals surface area contributed by atoms with E-state index in [1.165, 1.54) is 0 Å². The molecule has 2 aromatic rings. The number of rotatable bonds is 4. The number of halogens is 3. The molecule has 2 aromatic carbocycles. The van der Waals surface area contributed by atoms with E-state index in [0.29, 0.717) is 16.6 Å². The van der Waals surface area contributed by atoms with Gasteiger partial charge in [-0.2, -0.15) is 0 Å². The Morgan fingerprint density at radius 1 is 1.00 bits per heavy atom. The summed E-state index contributed by atoms with van der Waals surface area (Å²) in [5, 5.41) is 3.08. The van der Waals surface area contributed by atoms with Crippen molar-refractivity contribution in [3.63, 3.8) is 0 Å². The maximum Gasteiger partial charge on any atom is 0.254 e. The van der Waals surface area contributed by atoms with Crippen LogP contribution in [0, 0.1) is 0 Å². The molecular weight excluding hydrogens is 317 g/mol. The maximum absolute atomic E-state index is 12.1. The van der Waals surface area contributed by atoms with Crippen molar-refractivity contribution in [1.29, 1.82) is 0 Å². The van der Waals surface area contributed by atoms with Gasteiger partial charge in [0.2, 0.25) is 0 Å². The first-order valence-corrected chi connectivity index (χ1v) is 7.20. The molecule has 0 fully saturated rings. The van der Waals surface area contributed by atoms with Gasteiger partial charge in [0.05, 0.1) is 21.0 Å². The van der Waals surface area contributed by atoms with Crippen LogP contribution in [0.4, 0.5) is 0 Å². The average Bonchev–Trinajstić information content (AvgIpc) is 2.45. The van der Waals surface area contributed by atoms with Gasteiger partial charge < -0.3 is 5.32 Å². The van der Waals surface area contributed by atoms with Crippen molar-refractivity contribution in [2.24, 2.45) is 0 Å². The molecule has 1 atom stereocenters. The fourth-order valence-electron chi connectivity index (χ4n) is 1.77. The van der Waals surface area contributed by atoms with Crippen molar-refractivity contribution in [1.82, 2.24) is 5.32 Å². The van der Waals surface area contributed by atoms with Crippen LogP contribution in [-0.4, -0.2) is 12.5 Å². The van der Waals surface area contributed by atoms with E-state index in [0.717, 1.165) is 5.56 Å². The van der Waals surface area contributed by atoms with E-state index < -0.39 is 0 Å². The standard InChI is InChI=1S/C15H12Cl3NO/c16-11-7-4-8-12(17)14(11)15(20)19-9-13(18)10-5-2-1-3-6-10/h1-8,13H,9H2,(H,19,20). The first-order valence-electron chi connectivity index (χ1n) is 6.01. The second-order valence-electron chi connectivity index (χ2n) is 4.18. The summed E-state index contributed by atoms with van der Waals surface area (Å²) in [5.74, 6) is -0.331. The minimum Gasteiger partial charge on any atom is -0.350 e. The van der Waals surface area contributed by atoms with Crippen molar-refractivity contribution < 1.29 is 4.79 Å². The predicted octanol–water partition coefficient (Wildman–Crippen LogP) is 4.70. The van der Waals surface area contributed by atoms with Crippen LogP contribution in [0.1, 0.15) is 21.3 Å². The van der Waals surface area contributed by atoms with Crippen LogP contribution in [0.5, 0.6) is 0 Å². The molecule has 0 heterocycles. The number of hydrogen-bond donors (Lipinski definition) is 1. The van der Waals surface area contributed by atoms with Gasteiger partial charge >= 0.3 is 0 Å². The van der Waals surface area contributed by atoms with Crippen molar-refractivity contribution in [2.75, 3.05) is 6.54 Å². The zero-order chi connectivity index (χ0) is 14.5. The summed E-state index contributed by atoms with van der Waals surface area (Å²) in [6.45, 7) is 0.298. The molecule has 2 rings (SSSR count). The van der Waals surface area contributed by atoms with E-state index in [2.05, 4.69) is 5.32 Å². The fraction of sp³-hybridized carbons (Fsp3) is 0.133. The topological polar surface area (TPSA) is 29.1 Å². The van der Waals surface area contributed by atoms with Crippen LogP contribution in [0.3, 0.4) is 0 Å². The van der Waals surface area contributed by atoms with Crippen molar-refractivity contribution in [2.45, 2.75) is 5.38 Å². The Balaban J connectivity index is 2.03. The lowest BCUT2D eigenvalue weighted by molar-refractivity contribution is 0.0954. The summed E-state index contributed by atoms with van der Waals surface area (Å²) in [5.41, 5.74) is 1.22. The monoisotopic (exact) mass is 327 g/mol. The number of hydrogen-bond acceptors (Lipinski definition) is 1. The molecule has 1 amide bonds. The lowest BCUT2D eigenvalue weighted by Gasteiger charge is -2.12. The van der Waals surface area contributed by atoms with Gasteiger partial charge in [0.1, 0.15) is 0 Å². The molecule has 0 aromatic heterocycles. The van der Waals surface area contributed by atoms with Gasteiger partial charge in [-0.15, -0.1) is 11.6 Å². The minimum atomic E-state index is -0.331. The van der Waals surface area contributed by atoms with Gasteiger partial charge in [-0.3, -0.25) is 4.79 Å². The van der Waals surface area contributed by atoms with Gasteiger partial charge in [-0.1, -0.05) is 59.6 Å². The van der Waals surface area contributed by atoms with Gasteiger partial charge in [0, 0.05) is 6.54 Å². The van der Waals surface area contributed by atoms with Crippen molar-refractivity contribution in [3.05, 3.63) is 69.7 Å². The number of amides is 1. The molecule has 1 N–H and O–H groups in total. The normalized spacial score (nSPS) is 11.9. The Hall–Kier alpha value is -1.22. The quantitative estimate of drug-likeness (QED) is 0.810. The summed E-state index contributed by atoms with van der Waals surface area (Å²) >= 11 is 18.2. The predicted molar refractivity (Wildman–Crippen MR) is 83.8 cm³/mol. The Bertz CT molecular complexity index is 581. The van der Waals surface area contributed by atoms with Crippen LogP contribution >= 0.6 is 34.8 Å². The van der Waals surface area contributed by atoms with E-state index in [1.54, 1.807) is 18.2 Å². The largest absolute Gasteiger partial charge is 0.350 e. The summed E-state index contributed by atoms with van der Waals surface area (Å²) in [6, 6.07) is 14.5. The second kappa shape index (κ2) is 6.98. The highest BCUT2D eigenvalue weighted by Gasteiger charge is 2.16. The molecule has 1 unspecified atom stereocenters. The third-order valence-electron chi connectivity index (χ3n) is 2.79. The second-order valence-corrected chi connectivity index (χ2v) is 5.53. The van der Waals surface area contributed by atoms with Gasteiger partial charge in [-0.05, 0) is 17.7 Å². The van der Waals surface area contributed by atoms with E-state index in [-0.39, 0.29) is 16.8 Å². The van der Waals surface area contributed by atoms with Crippen LogP contribution < -0.4 is 5.32 Å². The molecule has 5 heteroatoms. The van der Waals surface area contributed by atoms with E-state index in [1.807, 2.05) is 30.3 Å². The van der Waals surface area contributed by atoms with Crippen LogP contribution in [0.25, 0.3) is 0 Å². The van der Waals surface area contributed by atoms with Crippen molar-refractivity contribution >= 4 is 40.7 Å². The molecule has 0 aliphatic heterocycles. The highest BCUT2D eigenvalue weighted by Crippen LogP contribution is 2.24. The summed E-state index contributed by atoms with van der Waals surface area (Å²) < 4.78 is 0. The first-order chi connectivity index (χ1) is 9.59. The Kier molecular flexibility index (Phi) is 5.30. The number of carbonyl (C=O) groups excluding carboxylic acids is 1. The smallest absolute Gasteiger partial charge is 0.254 e. The number of alkyl halides is 1. The molecule has 0 aliphatic rings. The highest BCUT2D eigenvalue weighted by atomic mass is 35.5. The molecule has 0 aliphatic carbocycles. The Morgan fingerprint density at radius 3 is 2.20 bits per heavy atom. The molecular formula is C15H12Cl3NO. The number of nitrogens with one attached hydrogen (secondary N) is 1. The Morgan fingerprint density at radius 2 is 1.60 bits per heavy atom. The van der Waals surface area contributed by atoms with Crippen LogP contribution in [0.2, 0.25) is 10.0 Å². The Labute approximate surface area is 132 Å². The molecule has 20 heavy (non-hydrogen) atoms. The van der Waals surface area contributed by atoms with Gasteiger partial charge in [0.25, 0.3) is 5.91 Å². The van der Waals surface area contributed by atoms with E-state index in [4.69, 9.17) is 34.8 Å². The third kappa shape index (κ3) is 3.66. The summed E-state index contributed by atoms with van der Waals surface area (Å²) in [6.07, 6.45) is 0. The van der Waals surface area contributed by atoms with Crippen LogP contribution in [-0.2, 0) is 0 Å². The van der Waals surface area contributed by atoms with E-state index >= 15 is 0 Å². The summed E-state index contributed by atoms with van der Waals surface area (Å²) in [7, 11) is 0. The van der Waals surface area contributed by atoms with Gasteiger partial charge in [0.15, 0.2) is 0 Å². The fourth-order valence-corrected chi connectivity index (χ4v) is 2.56. The molecule has 0 saturated heterocycles. The lowest BCUT2D eigenvalue weighted by Crippen LogP contribution is -2.27. The molecule has 0 radical (unpaired) electrons. The molecule has 0 spiro atoms. The molecule has 2 nitrogen and oxygen atoms in total. The summed E-state index contributed by atoms with van der Waals surface area (Å²) in [4.78, 5) is 12.1. The number of benzene rings is 2. The molecule has 104 valence electrons. The zero-order valence-electron chi connectivity index (χ0n) is 10.4. The average molecular weight is 329 g/mol. The van der Waals surface area contributed by atoms with Crippen LogP contribution in [0.15, 0.2) is 48.5 Å².